The van der Waals surface area contributed by atoms with Crippen molar-refractivity contribution in [3.8, 4) is 0 Å². The van der Waals surface area contributed by atoms with Crippen molar-refractivity contribution in [1.82, 2.24) is 15.0 Å². The quantitative estimate of drug-likeness (QED) is 0.568. The number of imidazole rings is 1. The molecule has 0 aliphatic rings. The molecule has 2 aromatic carbocycles. The molecular formula is C20H21N3O. The molecule has 0 atom stereocenters. The fraction of sp³-hybridized carbons (Fsp3) is 0.300. The van der Waals surface area contributed by atoms with Gasteiger partial charge in [0.1, 0.15) is 11.3 Å². The zero-order chi connectivity index (χ0) is 16.9. The third-order valence-electron chi connectivity index (χ3n) is 4.60. The molecule has 4 heteroatoms. The van der Waals surface area contributed by atoms with Gasteiger partial charge in [0.2, 0.25) is 5.89 Å². The van der Waals surface area contributed by atoms with E-state index in [1.807, 2.05) is 24.3 Å². The molecule has 2 heterocycles. The topological polar surface area (TPSA) is 54.7 Å². The maximum Gasteiger partial charge on any atom is 0.205 e. The summed E-state index contributed by atoms with van der Waals surface area (Å²) in [6.07, 6.45) is 0. The van der Waals surface area contributed by atoms with Gasteiger partial charge in [0.05, 0.1) is 16.4 Å². The van der Waals surface area contributed by atoms with E-state index in [9.17, 15) is 0 Å². The summed E-state index contributed by atoms with van der Waals surface area (Å²) in [6.45, 7) is 8.55. The Balaban J connectivity index is 1.81. The second kappa shape index (κ2) is 5.20. The Kier molecular flexibility index (Phi) is 3.23. The molecule has 4 nitrogen and oxygen atoms in total. The number of H-pyrrole nitrogens is 1. The van der Waals surface area contributed by atoms with Crippen LogP contribution < -0.4 is 0 Å². The molecule has 4 rings (SSSR count). The summed E-state index contributed by atoms with van der Waals surface area (Å²) in [5.74, 6) is 2.12. The number of nitrogens with one attached hydrogen (secondary N) is 1. The number of fused-ring (bicyclic) bond motifs is 2. The van der Waals surface area contributed by atoms with E-state index in [2.05, 4.69) is 60.8 Å². The summed E-state index contributed by atoms with van der Waals surface area (Å²) in [7, 11) is 0. The van der Waals surface area contributed by atoms with Crippen molar-refractivity contribution in [1.29, 1.82) is 0 Å². The van der Waals surface area contributed by atoms with E-state index in [1.165, 1.54) is 0 Å². The first-order valence-electron chi connectivity index (χ1n) is 8.31. The van der Waals surface area contributed by atoms with E-state index in [0.717, 1.165) is 39.4 Å². The first-order chi connectivity index (χ1) is 11.4. The Bertz CT molecular complexity index is 991. The molecule has 0 aliphatic heterocycles. The van der Waals surface area contributed by atoms with Crippen LogP contribution in [0.1, 0.15) is 50.9 Å². The molecule has 0 unspecified atom stereocenters. The van der Waals surface area contributed by atoms with Crippen LogP contribution in [0.2, 0.25) is 0 Å². The van der Waals surface area contributed by atoms with Crippen molar-refractivity contribution in [3.63, 3.8) is 0 Å². The molecule has 0 saturated heterocycles. The van der Waals surface area contributed by atoms with Crippen LogP contribution in [-0.4, -0.2) is 15.0 Å². The van der Waals surface area contributed by atoms with Crippen molar-refractivity contribution in [2.24, 2.45) is 0 Å². The van der Waals surface area contributed by atoms with Gasteiger partial charge in [0.15, 0.2) is 5.58 Å². The van der Waals surface area contributed by atoms with E-state index in [1.54, 1.807) is 0 Å². The molecule has 0 spiro atoms. The van der Waals surface area contributed by atoms with Gasteiger partial charge in [-0.15, -0.1) is 0 Å². The number of benzene rings is 2. The largest absolute Gasteiger partial charge is 0.440 e. The highest BCUT2D eigenvalue weighted by Gasteiger charge is 2.29. The van der Waals surface area contributed by atoms with Crippen LogP contribution in [0, 0.1) is 0 Å². The number of para-hydroxylation sites is 2. The van der Waals surface area contributed by atoms with Gasteiger partial charge in [-0.05, 0) is 43.7 Å². The van der Waals surface area contributed by atoms with Crippen LogP contribution in [0.4, 0.5) is 0 Å². The van der Waals surface area contributed by atoms with Crippen LogP contribution in [-0.2, 0) is 5.41 Å². The van der Waals surface area contributed by atoms with Gasteiger partial charge in [-0.3, -0.25) is 0 Å². The molecule has 122 valence electrons. The number of aromatic amines is 1. The van der Waals surface area contributed by atoms with E-state index in [0.29, 0.717) is 5.92 Å². The highest BCUT2D eigenvalue weighted by molar-refractivity contribution is 5.77. The second-order valence-electron chi connectivity index (χ2n) is 7.12. The number of nitrogens with zero attached hydrogens (tertiary/aromatic N) is 2. The predicted molar refractivity (Wildman–Crippen MR) is 96.3 cm³/mol. The standard InChI is InChI=1S/C20H21N3O/c1-12(2)18-21-14-10-9-13(11-16(14)22-18)20(3,4)19-23-15-7-5-6-8-17(15)24-19/h5-12H,1-4H3,(H,21,22). The first kappa shape index (κ1) is 14.9. The van der Waals surface area contributed by atoms with Crippen molar-refractivity contribution >= 4 is 22.1 Å². The fourth-order valence-electron chi connectivity index (χ4n) is 2.95. The maximum absolute atomic E-state index is 6.01. The van der Waals surface area contributed by atoms with Gasteiger partial charge in [-0.1, -0.05) is 32.0 Å². The molecule has 0 bridgehead atoms. The summed E-state index contributed by atoms with van der Waals surface area (Å²) in [6, 6.07) is 14.2. The Labute approximate surface area is 140 Å². The normalized spacial score (nSPS) is 12.5. The van der Waals surface area contributed by atoms with Gasteiger partial charge in [-0.2, -0.15) is 0 Å². The van der Waals surface area contributed by atoms with E-state index >= 15 is 0 Å². The van der Waals surface area contributed by atoms with Gasteiger partial charge in [-0.25, -0.2) is 9.97 Å². The van der Waals surface area contributed by atoms with Gasteiger partial charge < -0.3 is 9.40 Å². The highest BCUT2D eigenvalue weighted by atomic mass is 16.3. The Morgan fingerprint density at radius 3 is 2.54 bits per heavy atom. The summed E-state index contributed by atoms with van der Waals surface area (Å²) in [5.41, 5.74) is 4.60. The lowest BCUT2D eigenvalue weighted by atomic mass is 9.84. The molecule has 0 fully saturated rings. The SMILES string of the molecule is CC(C)c1nc2ccc(C(C)(C)c3nc4ccccc4o3)cc2[nH]1. The van der Waals surface area contributed by atoms with Gasteiger partial charge >= 0.3 is 0 Å². The average molecular weight is 319 g/mol. The number of hydrogen-bond donors (Lipinski definition) is 1. The summed E-state index contributed by atoms with van der Waals surface area (Å²) < 4.78 is 6.01. The number of aromatic nitrogens is 3. The third kappa shape index (κ3) is 2.30. The second-order valence-corrected chi connectivity index (χ2v) is 7.12. The predicted octanol–water partition coefficient (Wildman–Crippen LogP) is 5.15. The Hall–Kier alpha value is -2.62. The minimum Gasteiger partial charge on any atom is -0.440 e. The van der Waals surface area contributed by atoms with Crippen LogP contribution >= 0.6 is 0 Å². The zero-order valence-electron chi connectivity index (χ0n) is 14.4. The summed E-state index contributed by atoms with van der Waals surface area (Å²) in [4.78, 5) is 12.8. The van der Waals surface area contributed by atoms with E-state index in [4.69, 9.17) is 4.42 Å². The van der Waals surface area contributed by atoms with E-state index < -0.39 is 0 Å². The van der Waals surface area contributed by atoms with Crippen LogP contribution in [0.3, 0.4) is 0 Å². The lowest BCUT2D eigenvalue weighted by Crippen LogP contribution is -2.19. The first-order valence-corrected chi connectivity index (χ1v) is 8.31. The Morgan fingerprint density at radius 1 is 1.00 bits per heavy atom. The van der Waals surface area contributed by atoms with Gasteiger partial charge in [0.25, 0.3) is 0 Å². The molecule has 4 aromatic rings. The Morgan fingerprint density at radius 2 is 1.79 bits per heavy atom. The minimum atomic E-state index is -0.323. The van der Waals surface area contributed by atoms with Crippen molar-refractivity contribution in [2.45, 2.75) is 39.0 Å². The lowest BCUT2D eigenvalue weighted by molar-refractivity contribution is 0.433. The molecular weight excluding hydrogens is 298 g/mol. The van der Waals surface area contributed by atoms with Crippen molar-refractivity contribution in [3.05, 3.63) is 59.7 Å². The molecule has 0 amide bonds. The molecule has 1 N–H and O–H groups in total. The highest BCUT2D eigenvalue weighted by Crippen LogP contribution is 2.34. The maximum atomic E-state index is 6.01. The summed E-state index contributed by atoms with van der Waals surface area (Å²) >= 11 is 0. The molecule has 0 saturated carbocycles. The van der Waals surface area contributed by atoms with Crippen LogP contribution in [0.25, 0.3) is 22.1 Å². The minimum absolute atomic E-state index is 0.323. The number of rotatable bonds is 3. The van der Waals surface area contributed by atoms with E-state index in [-0.39, 0.29) is 5.41 Å². The van der Waals surface area contributed by atoms with Crippen LogP contribution in [0.5, 0.6) is 0 Å². The smallest absolute Gasteiger partial charge is 0.205 e. The molecule has 0 radical (unpaired) electrons. The lowest BCUT2D eigenvalue weighted by Gasteiger charge is -2.21. The molecule has 2 aromatic heterocycles. The molecule has 0 aliphatic carbocycles. The zero-order valence-corrected chi connectivity index (χ0v) is 14.4. The van der Waals surface area contributed by atoms with Crippen molar-refractivity contribution < 1.29 is 4.42 Å². The average Bonchev–Trinajstić information content (AvgIpc) is 3.18. The monoisotopic (exact) mass is 319 g/mol. The number of hydrogen-bond acceptors (Lipinski definition) is 3. The van der Waals surface area contributed by atoms with Crippen molar-refractivity contribution in [2.75, 3.05) is 0 Å². The number of oxazole rings is 1. The third-order valence-corrected chi connectivity index (χ3v) is 4.60. The summed E-state index contributed by atoms with van der Waals surface area (Å²) in [5, 5.41) is 0. The van der Waals surface area contributed by atoms with Crippen LogP contribution in [0.15, 0.2) is 46.9 Å². The molecule has 24 heavy (non-hydrogen) atoms. The fourth-order valence-corrected chi connectivity index (χ4v) is 2.95. The van der Waals surface area contributed by atoms with Gasteiger partial charge in [0, 0.05) is 5.92 Å².